The fourth-order valence-corrected chi connectivity index (χ4v) is 3.88. The Morgan fingerprint density at radius 3 is 1.96 bits per heavy atom. The summed E-state index contributed by atoms with van der Waals surface area (Å²) in [4.78, 5) is 0.309. The third-order valence-electron chi connectivity index (χ3n) is 3.90. The summed E-state index contributed by atoms with van der Waals surface area (Å²) in [5.41, 5.74) is 2.83. The number of nitrogens with one attached hydrogen (secondary N) is 1. The van der Waals surface area contributed by atoms with Gasteiger partial charge < -0.3 is 10.4 Å². The molecule has 0 saturated heterocycles. The van der Waals surface area contributed by atoms with Gasteiger partial charge >= 0.3 is 0 Å². The van der Waals surface area contributed by atoms with Crippen LogP contribution in [0.3, 0.4) is 0 Å². The van der Waals surface area contributed by atoms with E-state index in [2.05, 4.69) is 5.32 Å². The van der Waals surface area contributed by atoms with Crippen molar-refractivity contribution in [1.82, 2.24) is 4.31 Å². The van der Waals surface area contributed by atoms with Crippen LogP contribution in [0.15, 0.2) is 53.4 Å². The number of hydrogen-bond donors (Lipinski definition) is 2. The summed E-state index contributed by atoms with van der Waals surface area (Å²) < 4.78 is 26.3. The van der Waals surface area contributed by atoms with Crippen LogP contribution in [0.2, 0.25) is 0 Å². The molecule has 0 aromatic heterocycles. The van der Waals surface area contributed by atoms with Crippen LogP contribution < -0.4 is 5.32 Å². The molecule has 2 N–H and O–H groups in total. The Balaban J connectivity index is 2.03. The lowest BCUT2D eigenvalue weighted by atomic mass is 10.1. The lowest BCUT2D eigenvalue weighted by Gasteiger charge is -2.18. The van der Waals surface area contributed by atoms with Crippen molar-refractivity contribution in [2.75, 3.05) is 18.4 Å². The number of anilines is 1. The van der Waals surface area contributed by atoms with E-state index in [0.717, 1.165) is 16.8 Å². The fourth-order valence-electron chi connectivity index (χ4n) is 2.42. The van der Waals surface area contributed by atoms with Gasteiger partial charge in [-0.15, -0.1) is 0 Å². The first-order chi connectivity index (χ1) is 11.5. The van der Waals surface area contributed by atoms with E-state index < -0.39 is 10.0 Å². The van der Waals surface area contributed by atoms with Crippen molar-refractivity contribution >= 4 is 15.7 Å². The maximum Gasteiger partial charge on any atom is 0.243 e. The molecule has 0 amide bonds. The van der Waals surface area contributed by atoms with E-state index in [1.54, 1.807) is 24.3 Å². The molecule has 6 heteroatoms. The lowest BCUT2D eigenvalue weighted by Crippen LogP contribution is -2.30. The number of aliphatic hydroxyl groups excluding tert-OH is 1. The minimum absolute atomic E-state index is 0.0379. The summed E-state index contributed by atoms with van der Waals surface area (Å²) in [6.07, 6.45) is 0. The van der Waals surface area contributed by atoms with Gasteiger partial charge in [0, 0.05) is 25.3 Å². The van der Waals surface area contributed by atoms with Gasteiger partial charge in [0.05, 0.1) is 11.5 Å². The van der Waals surface area contributed by atoms with E-state index in [-0.39, 0.29) is 6.61 Å². The van der Waals surface area contributed by atoms with Gasteiger partial charge in [-0.1, -0.05) is 38.1 Å². The molecule has 0 aliphatic carbocycles. The molecule has 0 atom stereocenters. The van der Waals surface area contributed by atoms with Gasteiger partial charge in [-0.2, -0.15) is 4.31 Å². The van der Waals surface area contributed by atoms with Crippen molar-refractivity contribution in [2.24, 2.45) is 0 Å². The van der Waals surface area contributed by atoms with Crippen LogP contribution in [0.4, 0.5) is 5.69 Å². The van der Waals surface area contributed by atoms with Gasteiger partial charge in [-0.3, -0.25) is 0 Å². The average Bonchev–Trinajstić information content (AvgIpc) is 2.61. The molecule has 130 valence electrons. The zero-order valence-electron chi connectivity index (χ0n) is 14.1. The highest BCUT2D eigenvalue weighted by atomic mass is 32.2. The largest absolute Gasteiger partial charge is 0.392 e. The Morgan fingerprint density at radius 2 is 1.46 bits per heavy atom. The molecule has 0 spiro atoms. The minimum Gasteiger partial charge on any atom is -0.392 e. The number of hydrogen-bond acceptors (Lipinski definition) is 4. The number of benzene rings is 2. The fraction of sp³-hybridized carbons (Fsp3) is 0.333. The smallest absolute Gasteiger partial charge is 0.243 e. The molecule has 0 aliphatic heterocycles. The molecule has 0 aliphatic rings. The van der Waals surface area contributed by atoms with Crippen molar-refractivity contribution in [3.63, 3.8) is 0 Å². The SMILES string of the molecule is CCN(CC)S(=O)(=O)c1ccc(NCc2ccc(CO)cc2)cc1. The summed E-state index contributed by atoms with van der Waals surface area (Å²) in [5, 5.41) is 12.3. The summed E-state index contributed by atoms with van der Waals surface area (Å²) in [6, 6.07) is 14.5. The Hall–Kier alpha value is -1.89. The van der Waals surface area contributed by atoms with Crippen LogP contribution in [-0.2, 0) is 23.2 Å². The van der Waals surface area contributed by atoms with Crippen LogP contribution in [0, 0.1) is 0 Å². The molecule has 0 saturated carbocycles. The molecule has 0 bridgehead atoms. The molecule has 0 fully saturated rings. The maximum atomic E-state index is 12.4. The Morgan fingerprint density at radius 1 is 0.917 bits per heavy atom. The Kier molecular flexibility index (Phi) is 6.36. The molecular weight excluding hydrogens is 324 g/mol. The quantitative estimate of drug-likeness (QED) is 0.770. The number of nitrogens with zero attached hydrogens (tertiary/aromatic N) is 1. The highest BCUT2D eigenvalue weighted by Crippen LogP contribution is 2.18. The van der Waals surface area contributed by atoms with Crippen molar-refractivity contribution in [3.05, 3.63) is 59.7 Å². The molecule has 0 unspecified atom stereocenters. The van der Waals surface area contributed by atoms with E-state index in [4.69, 9.17) is 5.11 Å². The average molecular weight is 348 g/mol. The predicted octanol–water partition coefficient (Wildman–Crippen LogP) is 2.82. The number of rotatable bonds is 8. The van der Waals surface area contributed by atoms with E-state index >= 15 is 0 Å². The molecular formula is C18H24N2O3S. The third-order valence-corrected chi connectivity index (χ3v) is 5.96. The molecule has 2 aromatic carbocycles. The van der Waals surface area contributed by atoms with E-state index in [1.165, 1.54) is 4.31 Å². The first-order valence-electron chi connectivity index (χ1n) is 8.04. The van der Waals surface area contributed by atoms with Crippen molar-refractivity contribution < 1.29 is 13.5 Å². The van der Waals surface area contributed by atoms with E-state index in [1.807, 2.05) is 38.1 Å². The minimum atomic E-state index is -3.41. The summed E-state index contributed by atoms with van der Waals surface area (Å²) in [5.74, 6) is 0. The summed E-state index contributed by atoms with van der Waals surface area (Å²) in [6.45, 7) is 5.26. The monoisotopic (exact) mass is 348 g/mol. The molecule has 2 aromatic rings. The van der Waals surface area contributed by atoms with Gasteiger partial charge in [0.2, 0.25) is 10.0 Å². The van der Waals surface area contributed by atoms with Gasteiger partial charge in [-0.05, 0) is 35.4 Å². The second-order valence-electron chi connectivity index (χ2n) is 5.44. The molecule has 0 radical (unpaired) electrons. The highest BCUT2D eigenvalue weighted by molar-refractivity contribution is 7.89. The zero-order chi connectivity index (χ0) is 17.6. The Bertz CT molecular complexity index is 737. The molecule has 5 nitrogen and oxygen atoms in total. The zero-order valence-corrected chi connectivity index (χ0v) is 14.9. The van der Waals surface area contributed by atoms with Gasteiger partial charge in [-0.25, -0.2) is 8.42 Å². The van der Waals surface area contributed by atoms with Crippen molar-refractivity contribution in [1.29, 1.82) is 0 Å². The molecule has 2 rings (SSSR count). The Labute approximate surface area is 144 Å². The third kappa shape index (κ3) is 4.35. The molecule has 24 heavy (non-hydrogen) atoms. The van der Waals surface area contributed by atoms with Crippen LogP contribution in [-0.4, -0.2) is 30.9 Å². The van der Waals surface area contributed by atoms with Crippen LogP contribution in [0.1, 0.15) is 25.0 Å². The first-order valence-corrected chi connectivity index (χ1v) is 9.48. The van der Waals surface area contributed by atoms with E-state index in [0.29, 0.717) is 24.5 Å². The van der Waals surface area contributed by atoms with Crippen LogP contribution in [0.5, 0.6) is 0 Å². The van der Waals surface area contributed by atoms with Crippen LogP contribution in [0.25, 0.3) is 0 Å². The second-order valence-corrected chi connectivity index (χ2v) is 7.38. The molecule has 0 heterocycles. The van der Waals surface area contributed by atoms with Gasteiger partial charge in [0.15, 0.2) is 0 Å². The summed E-state index contributed by atoms with van der Waals surface area (Å²) in [7, 11) is -3.41. The number of sulfonamides is 1. The normalized spacial score (nSPS) is 11.7. The second kappa shape index (κ2) is 8.28. The topological polar surface area (TPSA) is 69.6 Å². The van der Waals surface area contributed by atoms with Crippen molar-refractivity contribution in [3.8, 4) is 0 Å². The lowest BCUT2D eigenvalue weighted by molar-refractivity contribution is 0.282. The highest BCUT2D eigenvalue weighted by Gasteiger charge is 2.20. The maximum absolute atomic E-state index is 12.4. The van der Waals surface area contributed by atoms with Crippen molar-refractivity contribution in [2.45, 2.75) is 31.9 Å². The van der Waals surface area contributed by atoms with E-state index in [9.17, 15) is 8.42 Å². The predicted molar refractivity (Wildman–Crippen MR) is 96.2 cm³/mol. The number of aliphatic hydroxyl groups is 1. The summed E-state index contributed by atoms with van der Waals surface area (Å²) >= 11 is 0. The first kappa shape index (κ1) is 18.4. The van der Waals surface area contributed by atoms with Crippen LogP contribution >= 0.6 is 0 Å². The van der Waals surface area contributed by atoms with Gasteiger partial charge in [0.1, 0.15) is 0 Å². The van der Waals surface area contributed by atoms with Gasteiger partial charge in [0.25, 0.3) is 0 Å². The standard InChI is InChI=1S/C18H24N2O3S/c1-3-20(4-2)24(22,23)18-11-9-17(10-12-18)19-13-15-5-7-16(14-21)8-6-15/h5-12,19,21H,3-4,13-14H2,1-2H3.